The molecule has 102 valence electrons. The molecule has 1 fully saturated rings. The van der Waals surface area contributed by atoms with Gasteiger partial charge in [0, 0.05) is 13.6 Å². The maximum absolute atomic E-state index is 11.9. The molecule has 5 nitrogen and oxygen atoms in total. The largest absolute Gasteiger partial charge is 0.478 e. The number of carbonyl (C=O) groups is 2. The summed E-state index contributed by atoms with van der Waals surface area (Å²) in [5.74, 6) is -0.273. The minimum Gasteiger partial charge on any atom is -0.478 e. The van der Waals surface area contributed by atoms with Crippen molar-refractivity contribution < 1.29 is 14.7 Å². The normalized spacial score (nSPS) is 13.9. The van der Waals surface area contributed by atoms with Gasteiger partial charge in [-0.05, 0) is 24.5 Å². The smallest absolute Gasteiger partial charge is 0.337 e. The van der Waals surface area contributed by atoms with Crippen LogP contribution >= 0.6 is 0 Å². The Morgan fingerprint density at radius 1 is 1.37 bits per heavy atom. The van der Waals surface area contributed by atoms with Gasteiger partial charge in [0.1, 0.15) is 0 Å². The molecule has 1 aliphatic rings. The molecule has 1 saturated carbocycles. The number of nitrogens with one attached hydrogen (secondary N) is 1. The second-order valence-electron chi connectivity index (χ2n) is 4.85. The van der Waals surface area contributed by atoms with Crippen LogP contribution in [-0.2, 0) is 0 Å². The van der Waals surface area contributed by atoms with Gasteiger partial charge in [-0.25, -0.2) is 9.59 Å². The molecule has 2 amide bonds. The number of carboxylic acids is 1. The maximum Gasteiger partial charge on any atom is 0.337 e. The van der Waals surface area contributed by atoms with Gasteiger partial charge in [0.25, 0.3) is 0 Å². The first kappa shape index (κ1) is 13.4. The number of urea groups is 1. The van der Waals surface area contributed by atoms with E-state index in [0.717, 1.165) is 12.3 Å². The average Bonchev–Trinajstić information content (AvgIpc) is 3.21. The molecule has 5 heteroatoms. The fourth-order valence-corrected chi connectivity index (χ4v) is 1.96. The summed E-state index contributed by atoms with van der Waals surface area (Å²) in [7, 11) is 1.58. The van der Waals surface area contributed by atoms with Crippen molar-refractivity contribution in [3.8, 4) is 0 Å². The Hall–Kier alpha value is -2.04. The monoisotopic (exact) mass is 262 g/mol. The van der Waals surface area contributed by atoms with Gasteiger partial charge < -0.3 is 10.4 Å². The van der Waals surface area contributed by atoms with Crippen LogP contribution in [0.15, 0.2) is 24.3 Å². The van der Waals surface area contributed by atoms with Gasteiger partial charge in [-0.3, -0.25) is 4.90 Å². The predicted molar refractivity (Wildman–Crippen MR) is 72.5 cm³/mol. The first-order chi connectivity index (χ1) is 9.09. The van der Waals surface area contributed by atoms with Gasteiger partial charge in [0.2, 0.25) is 0 Å². The fourth-order valence-electron chi connectivity index (χ4n) is 1.96. The van der Waals surface area contributed by atoms with E-state index < -0.39 is 5.97 Å². The number of nitrogens with zero attached hydrogens (tertiary/aromatic N) is 1. The zero-order chi connectivity index (χ0) is 13.8. The molecule has 1 aromatic carbocycles. The summed E-state index contributed by atoms with van der Waals surface area (Å²) in [5.41, 5.74) is 0.529. The van der Waals surface area contributed by atoms with Crippen LogP contribution in [0.4, 0.5) is 10.5 Å². The Morgan fingerprint density at radius 2 is 2.05 bits per heavy atom. The topological polar surface area (TPSA) is 69.6 Å². The Balaban J connectivity index is 1.98. The SMILES string of the molecule is CN(C(=O)NCCC1CC1)c1ccccc1C(=O)O. The van der Waals surface area contributed by atoms with Crippen molar-refractivity contribution in [3.63, 3.8) is 0 Å². The molecule has 2 N–H and O–H groups in total. The third-order valence-electron chi connectivity index (χ3n) is 3.33. The first-order valence-electron chi connectivity index (χ1n) is 6.43. The molecule has 0 heterocycles. The molecule has 2 rings (SSSR count). The lowest BCUT2D eigenvalue weighted by molar-refractivity contribution is 0.0697. The van der Waals surface area contributed by atoms with Gasteiger partial charge in [-0.1, -0.05) is 25.0 Å². The number of anilines is 1. The van der Waals surface area contributed by atoms with Crippen molar-refractivity contribution in [1.82, 2.24) is 5.32 Å². The van der Waals surface area contributed by atoms with Crippen molar-refractivity contribution in [2.45, 2.75) is 19.3 Å². The highest BCUT2D eigenvalue weighted by molar-refractivity contribution is 6.01. The zero-order valence-electron chi connectivity index (χ0n) is 10.9. The van der Waals surface area contributed by atoms with Crippen LogP contribution in [0.2, 0.25) is 0 Å². The van der Waals surface area contributed by atoms with Crippen LogP contribution < -0.4 is 10.2 Å². The number of aromatic carboxylic acids is 1. The molecular weight excluding hydrogens is 244 g/mol. The quantitative estimate of drug-likeness (QED) is 0.855. The second-order valence-corrected chi connectivity index (χ2v) is 4.85. The Morgan fingerprint density at radius 3 is 2.68 bits per heavy atom. The lowest BCUT2D eigenvalue weighted by atomic mass is 10.1. The molecular formula is C14H18N2O3. The Labute approximate surface area is 112 Å². The van der Waals surface area contributed by atoms with E-state index >= 15 is 0 Å². The van der Waals surface area contributed by atoms with Crippen LogP contribution in [0, 0.1) is 5.92 Å². The standard InChI is InChI=1S/C14H18N2O3/c1-16(14(19)15-9-8-10-6-7-10)12-5-3-2-4-11(12)13(17)18/h2-5,10H,6-9H2,1H3,(H,15,19)(H,17,18). The van der Waals surface area contributed by atoms with Crippen LogP contribution in [0.25, 0.3) is 0 Å². The van der Waals surface area contributed by atoms with Crippen molar-refractivity contribution >= 4 is 17.7 Å². The first-order valence-corrected chi connectivity index (χ1v) is 6.43. The Bertz CT molecular complexity index is 483. The van der Waals surface area contributed by atoms with Crippen molar-refractivity contribution in [3.05, 3.63) is 29.8 Å². The highest BCUT2D eigenvalue weighted by Gasteiger charge is 2.22. The summed E-state index contributed by atoms with van der Waals surface area (Å²) in [6.07, 6.45) is 3.52. The number of amides is 2. The number of benzene rings is 1. The highest BCUT2D eigenvalue weighted by atomic mass is 16.4. The number of para-hydroxylation sites is 1. The van der Waals surface area contributed by atoms with Crippen LogP contribution in [0.5, 0.6) is 0 Å². The molecule has 0 spiro atoms. The average molecular weight is 262 g/mol. The molecule has 0 radical (unpaired) electrons. The van der Waals surface area contributed by atoms with E-state index in [1.165, 1.54) is 23.8 Å². The van der Waals surface area contributed by atoms with E-state index in [1.54, 1.807) is 25.2 Å². The molecule has 1 aliphatic carbocycles. The van der Waals surface area contributed by atoms with E-state index in [4.69, 9.17) is 5.11 Å². The zero-order valence-corrected chi connectivity index (χ0v) is 10.9. The summed E-state index contributed by atoms with van der Waals surface area (Å²) >= 11 is 0. The van der Waals surface area contributed by atoms with Crippen LogP contribution in [-0.4, -0.2) is 30.7 Å². The van der Waals surface area contributed by atoms with Gasteiger partial charge >= 0.3 is 12.0 Å². The molecule has 0 saturated heterocycles. The van der Waals surface area contributed by atoms with Crippen LogP contribution in [0.1, 0.15) is 29.6 Å². The molecule has 0 unspecified atom stereocenters. The third kappa shape index (κ3) is 3.47. The van der Waals surface area contributed by atoms with E-state index in [0.29, 0.717) is 12.2 Å². The molecule has 0 aromatic heterocycles. The molecule has 19 heavy (non-hydrogen) atoms. The van der Waals surface area contributed by atoms with Gasteiger partial charge in [0.05, 0.1) is 11.3 Å². The third-order valence-corrected chi connectivity index (χ3v) is 3.33. The number of carboxylic acid groups (broad SMARTS) is 1. The number of hydrogen-bond acceptors (Lipinski definition) is 2. The lowest BCUT2D eigenvalue weighted by Gasteiger charge is -2.19. The molecule has 1 aromatic rings. The van der Waals surface area contributed by atoms with E-state index in [1.807, 2.05) is 0 Å². The summed E-state index contributed by atoms with van der Waals surface area (Å²) in [6, 6.07) is 6.21. The van der Waals surface area contributed by atoms with E-state index in [9.17, 15) is 9.59 Å². The summed E-state index contributed by atoms with van der Waals surface area (Å²) in [5, 5.41) is 11.9. The van der Waals surface area contributed by atoms with E-state index in [-0.39, 0.29) is 11.6 Å². The van der Waals surface area contributed by atoms with Gasteiger partial charge in [-0.2, -0.15) is 0 Å². The lowest BCUT2D eigenvalue weighted by Crippen LogP contribution is -2.38. The minimum absolute atomic E-state index is 0.127. The van der Waals surface area contributed by atoms with Crippen LogP contribution in [0.3, 0.4) is 0 Å². The molecule has 0 bridgehead atoms. The highest BCUT2D eigenvalue weighted by Crippen LogP contribution is 2.31. The summed E-state index contributed by atoms with van der Waals surface area (Å²) in [4.78, 5) is 24.4. The molecule has 0 atom stereocenters. The summed E-state index contributed by atoms with van der Waals surface area (Å²) < 4.78 is 0. The van der Waals surface area contributed by atoms with Crippen molar-refractivity contribution in [2.75, 3.05) is 18.5 Å². The fraction of sp³-hybridized carbons (Fsp3) is 0.429. The van der Waals surface area contributed by atoms with E-state index in [2.05, 4.69) is 5.32 Å². The summed E-state index contributed by atoms with van der Waals surface area (Å²) in [6.45, 7) is 0.642. The number of carbonyl (C=O) groups excluding carboxylic acids is 1. The number of hydrogen-bond donors (Lipinski definition) is 2. The predicted octanol–water partition coefficient (Wildman–Crippen LogP) is 2.33. The maximum atomic E-state index is 11.9. The van der Waals surface area contributed by atoms with Gasteiger partial charge in [-0.15, -0.1) is 0 Å². The van der Waals surface area contributed by atoms with Crippen molar-refractivity contribution in [2.24, 2.45) is 5.92 Å². The minimum atomic E-state index is -1.03. The van der Waals surface area contributed by atoms with Gasteiger partial charge in [0.15, 0.2) is 0 Å². The second kappa shape index (κ2) is 5.73. The Kier molecular flexibility index (Phi) is 4.04. The number of rotatable bonds is 5. The van der Waals surface area contributed by atoms with Crippen molar-refractivity contribution in [1.29, 1.82) is 0 Å². The molecule has 0 aliphatic heterocycles.